The van der Waals surface area contributed by atoms with E-state index in [-0.39, 0.29) is 11.3 Å². The van der Waals surface area contributed by atoms with Gasteiger partial charge in [0, 0.05) is 19.2 Å². The highest BCUT2D eigenvalue weighted by atomic mass is 35.5. The fraction of sp³-hybridized carbons (Fsp3) is 0.273. The van der Waals surface area contributed by atoms with Gasteiger partial charge in [-0.3, -0.25) is 4.79 Å². The first kappa shape index (κ1) is 11.9. The lowest BCUT2D eigenvalue weighted by Crippen LogP contribution is -2.26. The van der Waals surface area contributed by atoms with Gasteiger partial charge in [0.1, 0.15) is 5.52 Å². The van der Waals surface area contributed by atoms with Crippen molar-refractivity contribution >= 4 is 28.6 Å². The van der Waals surface area contributed by atoms with Gasteiger partial charge in [-0.05, 0) is 29.8 Å². The minimum absolute atomic E-state index is 0.0666. The second-order valence-electron chi connectivity index (χ2n) is 3.40. The number of ether oxygens (including phenoxy) is 1. The van der Waals surface area contributed by atoms with Gasteiger partial charge in [0.2, 0.25) is 0 Å². The number of hydrogen-bond donors (Lipinski definition) is 1. The molecule has 0 saturated carbocycles. The molecule has 6 heteroatoms. The summed E-state index contributed by atoms with van der Waals surface area (Å²) in [5, 5.41) is 2.78. The molecule has 1 aromatic carbocycles. The number of carbonyl (C=O) groups excluding carboxylic acids is 1. The Morgan fingerprint density at radius 3 is 3.18 bits per heavy atom. The molecule has 1 aromatic heterocycles. The fourth-order valence-electron chi connectivity index (χ4n) is 1.41. The van der Waals surface area contributed by atoms with E-state index < -0.39 is 0 Å². The fourth-order valence-corrected chi connectivity index (χ4v) is 1.58. The molecule has 0 aliphatic rings. The second kappa shape index (κ2) is 5.16. The van der Waals surface area contributed by atoms with Crippen LogP contribution in [0.1, 0.15) is 10.4 Å². The van der Waals surface area contributed by atoms with Crippen molar-refractivity contribution in [1.29, 1.82) is 0 Å². The third-order valence-electron chi connectivity index (χ3n) is 2.22. The molecule has 0 fully saturated rings. The number of methoxy groups -OCH3 is 1. The van der Waals surface area contributed by atoms with Gasteiger partial charge in [-0.1, -0.05) is 0 Å². The summed E-state index contributed by atoms with van der Waals surface area (Å²) in [5.41, 5.74) is 1.62. The zero-order chi connectivity index (χ0) is 12.3. The Morgan fingerprint density at radius 2 is 2.41 bits per heavy atom. The molecule has 0 aliphatic heterocycles. The van der Waals surface area contributed by atoms with Gasteiger partial charge in [-0.2, -0.15) is 4.98 Å². The third-order valence-corrected chi connectivity index (χ3v) is 2.38. The Hall–Kier alpha value is -1.59. The summed E-state index contributed by atoms with van der Waals surface area (Å²) in [7, 11) is 1.58. The highest BCUT2D eigenvalue weighted by Crippen LogP contribution is 2.19. The Labute approximate surface area is 103 Å². The topological polar surface area (TPSA) is 64.4 Å². The average molecular weight is 255 g/mol. The molecule has 90 valence electrons. The standard InChI is InChI=1S/C11H11ClN2O3/c1-16-5-4-13-10(15)7-2-3-8-9(6-7)17-11(12)14-8/h2-3,6H,4-5H2,1H3,(H,13,15). The summed E-state index contributed by atoms with van der Waals surface area (Å²) in [6, 6.07) is 4.97. The maximum Gasteiger partial charge on any atom is 0.293 e. The lowest BCUT2D eigenvalue weighted by Gasteiger charge is -2.03. The van der Waals surface area contributed by atoms with Crippen molar-refractivity contribution in [3.63, 3.8) is 0 Å². The van der Waals surface area contributed by atoms with E-state index in [0.29, 0.717) is 29.8 Å². The van der Waals surface area contributed by atoms with Gasteiger partial charge in [0.25, 0.3) is 11.3 Å². The minimum Gasteiger partial charge on any atom is -0.428 e. The number of amides is 1. The van der Waals surface area contributed by atoms with Crippen LogP contribution in [0, 0.1) is 0 Å². The SMILES string of the molecule is COCCNC(=O)c1ccc2nc(Cl)oc2c1. The summed E-state index contributed by atoms with van der Waals surface area (Å²) in [6.45, 7) is 0.937. The summed E-state index contributed by atoms with van der Waals surface area (Å²) < 4.78 is 9.97. The summed E-state index contributed by atoms with van der Waals surface area (Å²) >= 11 is 5.62. The summed E-state index contributed by atoms with van der Waals surface area (Å²) in [4.78, 5) is 15.6. The highest BCUT2D eigenvalue weighted by molar-refractivity contribution is 6.28. The zero-order valence-corrected chi connectivity index (χ0v) is 9.95. The number of fused-ring (bicyclic) bond motifs is 1. The van der Waals surface area contributed by atoms with Gasteiger partial charge < -0.3 is 14.5 Å². The number of nitrogens with zero attached hydrogens (tertiary/aromatic N) is 1. The van der Waals surface area contributed by atoms with E-state index in [1.807, 2.05) is 0 Å². The molecule has 0 atom stereocenters. The third kappa shape index (κ3) is 2.75. The molecule has 1 N–H and O–H groups in total. The van der Waals surface area contributed by atoms with Gasteiger partial charge in [-0.15, -0.1) is 0 Å². The number of nitrogens with one attached hydrogen (secondary N) is 1. The Kier molecular flexibility index (Phi) is 3.61. The van der Waals surface area contributed by atoms with E-state index in [2.05, 4.69) is 10.3 Å². The molecule has 1 heterocycles. The summed E-state index contributed by atoms with van der Waals surface area (Å²) in [5.74, 6) is -0.184. The van der Waals surface area contributed by atoms with Gasteiger partial charge in [-0.25, -0.2) is 0 Å². The predicted molar refractivity (Wildman–Crippen MR) is 63.2 cm³/mol. The molecular weight excluding hydrogens is 244 g/mol. The van der Waals surface area contributed by atoms with Crippen molar-refractivity contribution in [2.45, 2.75) is 0 Å². The molecule has 0 spiro atoms. The number of oxazole rings is 1. The quantitative estimate of drug-likeness (QED) is 0.846. The van der Waals surface area contributed by atoms with Crippen LogP contribution in [0.5, 0.6) is 0 Å². The smallest absolute Gasteiger partial charge is 0.293 e. The highest BCUT2D eigenvalue weighted by Gasteiger charge is 2.09. The Bertz CT molecular complexity index is 538. The molecule has 2 aromatic rings. The predicted octanol–water partition coefficient (Wildman–Crippen LogP) is 1.86. The average Bonchev–Trinajstić information content (AvgIpc) is 2.68. The van der Waals surface area contributed by atoms with E-state index in [1.54, 1.807) is 25.3 Å². The lowest BCUT2D eigenvalue weighted by molar-refractivity contribution is 0.0937. The van der Waals surface area contributed by atoms with Gasteiger partial charge in [0.15, 0.2) is 5.58 Å². The Balaban J connectivity index is 2.15. The zero-order valence-electron chi connectivity index (χ0n) is 9.20. The van der Waals surface area contributed by atoms with Crippen LogP contribution >= 0.6 is 11.6 Å². The van der Waals surface area contributed by atoms with Crippen molar-refractivity contribution < 1.29 is 13.9 Å². The van der Waals surface area contributed by atoms with Crippen LogP contribution in [0.15, 0.2) is 22.6 Å². The molecule has 0 bridgehead atoms. The van der Waals surface area contributed by atoms with Crippen molar-refractivity contribution in [3.8, 4) is 0 Å². The molecule has 0 radical (unpaired) electrons. The first-order valence-corrected chi connectivity index (χ1v) is 5.42. The van der Waals surface area contributed by atoms with Gasteiger partial charge >= 0.3 is 0 Å². The molecule has 1 amide bonds. The second-order valence-corrected chi connectivity index (χ2v) is 3.72. The van der Waals surface area contributed by atoms with E-state index in [9.17, 15) is 4.79 Å². The van der Waals surface area contributed by atoms with Crippen LogP contribution in [-0.4, -0.2) is 31.2 Å². The van der Waals surface area contributed by atoms with E-state index in [1.165, 1.54) is 0 Å². The van der Waals surface area contributed by atoms with Gasteiger partial charge in [0.05, 0.1) is 6.61 Å². The molecule has 17 heavy (non-hydrogen) atoms. The van der Waals surface area contributed by atoms with Crippen LogP contribution in [0.4, 0.5) is 0 Å². The molecule has 0 unspecified atom stereocenters. The van der Waals surface area contributed by atoms with Crippen LogP contribution in [0.25, 0.3) is 11.1 Å². The first-order valence-electron chi connectivity index (χ1n) is 5.04. The van der Waals surface area contributed by atoms with Crippen LogP contribution < -0.4 is 5.32 Å². The van der Waals surface area contributed by atoms with Crippen molar-refractivity contribution in [1.82, 2.24) is 10.3 Å². The minimum atomic E-state index is -0.184. The molecule has 2 rings (SSSR count). The van der Waals surface area contributed by atoms with Crippen molar-refractivity contribution in [3.05, 3.63) is 29.1 Å². The van der Waals surface area contributed by atoms with E-state index in [4.69, 9.17) is 20.8 Å². The normalized spacial score (nSPS) is 10.7. The maximum absolute atomic E-state index is 11.7. The van der Waals surface area contributed by atoms with Crippen LogP contribution in [0.2, 0.25) is 5.35 Å². The van der Waals surface area contributed by atoms with E-state index >= 15 is 0 Å². The largest absolute Gasteiger partial charge is 0.428 e. The monoisotopic (exact) mass is 254 g/mol. The molecule has 0 aliphatic carbocycles. The Morgan fingerprint density at radius 1 is 1.59 bits per heavy atom. The summed E-state index contributed by atoms with van der Waals surface area (Å²) in [6.07, 6.45) is 0. The van der Waals surface area contributed by atoms with E-state index in [0.717, 1.165) is 0 Å². The van der Waals surface area contributed by atoms with Crippen LogP contribution in [-0.2, 0) is 4.74 Å². The number of rotatable bonds is 4. The molecule has 0 saturated heterocycles. The van der Waals surface area contributed by atoms with Crippen LogP contribution in [0.3, 0.4) is 0 Å². The first-order chi connectivity index (χ1) is 8.20. The molecular formula is C11H11ClN2O3. The number of hydrogen-bond acceptors (Lipinski definition) is 4. The van der Waals surface area contributed by atoms with Crippen molar-refractivity contribution in [2.75, 3.05) is 20.3 Å². The number of carbonyl (C=O) groups is 1. The lowest BCUT2D eigenvalue weighted by atomic mass is 10.2. The number of halogens is 1. The van der Waals surface area contributed by atoms with Crippen molar-refractivity contribution in [2.24, 2.45) is 0 Å². The molecule has 5 nitrogen and oxygen atoms in total. The number of aromatic nitrogens is 1. The maximum atomic E-state index is 11.7. The number of benzene rings is 1.